The van der Waals surface area contributed by atoms with Gasteiger partial charge < -0.3 is 10.2 Å². The van der Waals surface area contributed by atoms with Gasteiger partial charge in [0.15, 0.2) is 0 Å². The lowest BCUT2D eigenvalue weighted by Crippen LogP contribution is -2.16. The van der Waals surface area contributed by atoms with E-state index in [-0.39, 0.29) is 15.6 Å². The van der Waals surface area contributed by atoms with Crippen LogP contribution in [0.1, 0.15) is 20.7 Å². The number of carbonyl (C=O) groups is 2. The first-order chi connectivity index (χ1) is 10.7. The van der Waals surface area contributed by atoms with Crippen LogP contribution in [0.3, 0.4) is 0 Å². The first kappa shape index (κ1) is 16.8. The number of aromatic carboxylic acids is 2. The van der Waals surface area contributed by atoms with Crippen LogP contribution in [0, 0.1) is 0 Å². The van der Waals surface area contributed by atoms with Crippen molar-refractivity contribution in [2.24, 2.45) is 0 Å². The van der Waals surface area contributed by atoms with E-state index >= 15 is 0 Å². The fraction of sp³-hybridized carbons (Fsp3) is 0. The zero-order chi connectivity index (χ0) is 17.2. The third-order valence-corrected chi connectivity index (χ3v) is 4.57. The third kappa shape index (κ3) is 3.61. The Morgan fingerprint density at radius 1 is 0.957 bits per heavy atom. The molecule has 0 aliphatic heterocycles. The van der Waals surface area contributed by atoms with E-state index < -0.39 is 33.1 Å². The first-order valence-electron chi connectivity index (χ1n) is 6.10. The van der Waals surface area contributed by atoms with Crippen molar-refractivity contribution in [2.75, 3.05) is 4.72 Å². The highest BCUT2D eigenvalue weighted by atomic mass is 35.5. The lowest BCUT2D eigenvalue weighted by atomic mass is 10.1. The molecule has 120 valence electrons. The van der Waals surface area contributed by atoms with Gasteiger partial charge in [-0.25, -0.2) is 18.0 Å². The summed E-state index contributed by atoms with van der Waals surface area (Å²) in [7, 11) is -4.13. The van der Waals surface area contributed by atoms with Crippen LogP contribution in [0.25, 0.3) is 0 Å². The minimum Gasteiger partial charge on any atom is -0.478 e. The van der Waals surface area contributed by atoms with Gasteiger partial charge in [-0.05, 0) is 30.3 Å². The van der Waals surface area contributed by atoms with Gasteiger partial charge in [-0.1, -0.05) is 23.7 Å². The number of halogens is 1. The number of anilines is 1. The average molecular weight is 356 g/mol. The molecule has 0 spiro atoms. The second-order valence-electron chi connectivity index (χ2n) is 4.40. The number of sulfonamides is 1. The number of nitrogens with one attached hydrogen (secondary N) is 1. The van der Waals surface area contributed by atoms with E-state index in [9.17, 15) is 18.0 Å². The smallest absolute Gasteiger partial charge is 0.336 e. The van der Waals surface area contributed by atoms with Gasteiger partial charge in [-0.3, -0.25) is 4.72 Å². The Morgan fingerprint density at radius 2 is 1.57 bits per heavy atom. The van der Waals surface area contributed by atoms with Crippen LogP contribution in [-0.4, -0.2) is 30.6 Å². The highest BCUT2D eigenvalue weighted by Crippen LogP contribution is 2.25. The number of carboxylic acids is 2. The van der Waals surface area contributed by atoms with Gasteiger partial charge in [0.05, 0.1) is 26.7 Å². The number of rotatable bonds is 5. The van der Waals surface area contributed by atoms with Crippen LogP contribution in [0.2, 0.25) is 5.02 Å². The van der Waals surface area contributed by atoms with Gasteiger partial charge in [0.25, 0.3) is 10.0 Å². The molecule has 0 atom stereocenters. The molecule has 2 rings (SSSR count). The normalized spacial score (nSPS) is 11.0. The van der Waals surface area contributed by atoms with Crippen LogP contribution >= 0.6 is 11.6 Å². The standard InChI is InChI=1S/C14H10ClNO6S/c15-11-3-1-2-4-12(11)16-23(21,22)8-5-6-9(13(17)18)10(7-8)14(19)20/h1-7,16H,(H,17,18)(H,19,20). The Balaban J connectivity index is 2.48. The number of carboxylic acid groups (broad SMARTS) is 2. The maximum Gasteiger partial charge on any atom is 0.336 e. The van der Waals surface area contributed by atoms with Gasteiger partial charge in [0.2, 0.25) is 0 Å². The molecule has 0 aliphatic rings. The molecule has 2 aromatic carbocycles. The lowest BCUT2D eigenvalue weighted by Gasteiger charge is -2.11. The van der Waals surface area contributed by atoms with Crippen molar-refractivity contribution in [3.05, 3.63) is 58.6 Å². The van der Waals surface area contributed by atoms with Gasteiger partial charge in [-0.15, -0.1) is 0 Å². The molecule has 0 fully saturated rings. The Kier molecular flexibility index (Phi) is 4.57. The Hall–Kier alpha value is -2.58. The molecule has 0 aromatic heterocycles. The van der Waals surface area contributed by atoms with E-state index in [0.717, 1.165) is 18.2 Å². The molecule has 3 N–H and O–H groups in total. The topological polar surface area (TPSA) is 121 Å². The molecule has 0 heterocycles. The Bertz CT molecular complexity index is 894. The summed E-state index contributed by atoms with van der Waals surface area (Å²) < 4.78 is 26.8. The van der Waals surface area contributed by atoms with Gasteiger partial charge in [0, 0.05) is 0 Å². The molecule has 7 nitrogen and oxygen atoms in total. The molecule has 0 radical (unpaired) electrons. The van der Waals surface area contributed by atoms with Crippen molar-refractivity contribution < 1.29 is 28.2 Å². The number of hydrogen-bond acceptors (Lipinski definition) is 4. The fourth-order valence-corrected chi connectivity index (χ4v) is 3.15. The van der Waals surface area contributed by atoms with Crippen LogP contribution in [0.15, 0.2) is 47.4 Å². The van der Waals surface area contributed by atoms with E-state index in [1.54, 1.807) is 12.1 Å². The minimum atomic E-state index is -4.13. The summed E-state index contributed by atoms with van der Waals surface area (Å²) in [4.78, 5) is 21.7. The van der Waals surface area contributed by atoms with E-state index in [1.807, 2.05) is 0 Å². The summed E-state index contributed by atoms with van der Waals surface area (Å²) in [6, 6.07) is 8.82. The molecule has 0 saturated carbocycles. The molecule has 0 unspecified atom stereocenters. The maximum atomic E-state index is 12.3. The molecular formula is C14H10ClNO6S. The van der Waals surface area contributed by atoms with E-state index in [2.05, 4.69) is 4.72 Å². The van der Waals surface area contributed by atoms with Gasteiger partial charge >= 0.3 is 11.9 Å². The van der Waals surface area contributed by atoms with E-state index in [0.29, 0.717) is 0 Å². The molecular weight excluding hydrogens is 346 g/mol. The summed E-state index contributed by atoms with van der Waals surface area (Å²) in [5.41, 5.74) is -1.01. The number of para-hydroxylation sites is 1. The predicted molar refractivity (Wildman–Crippen MR) is 82.6 cm³/mol. The lowest BCUT2D eigenvalue weighted by molar-refractivity contribution is 0.0651. The van der Waals surface area contributed by atoms with Gasteiger partial charge in [-0.2, -0.15) is 0 Å². The summed E-state index contributed by atoms with van der Waals surface area (Å²) in [6.07, 6.45) is 0. The maximum absolute atomic E-state index is 12.3. The molecule has 0 saturated heterocycles. The van der Waals surface area contributed by atoms with Crippen LogP contribution < -0.4 is 4.72 Å². The molecule has 9 heteroatoms. The van der Waals surface area contributed by atoms with Crippen molar-refractivity contribution in [2.45, 2.75) is 4.90 Å². The molecule has 2 aromatic rings. The second kappa shape index (κ2) is 6.27. The Labute approximate surface area is 136 Å². The van der Waals surface area contributed by atoms with E-state index in [1.165, 1.54) is 12.1 Å². The van der Waals surface area contributed by atoms with Crippen molar-refractivity contribution in [3.63, 3.8) is 0 Å². The monoisotopic (exact) mass is 355 g/mol. The highest BCUT2D eigenvalue weighted by molar-refractivity contribution is 7.92. The van der Waals surface area contributed by atoms with E-state index in [4.69, 9.17) is 21.8 Å². The summed E-state index contributed by atoms with van der Waals surface area (Å²) in [5.74, 6) is -3.01. The van der Waals surface area contributed by atoms with Gasteiger partial charge in [0.1, 0.15) is 0 Å². The van der Waals surface area contributed by atoms with Crippen molar-refractivity contribution >= 4 is 39.3 Å². The Morgan fingerprint density at radius 3 is 2.13 bits per heavy atom. The minimum absolute atomic E-state index is 0.119. The van der Waals surface area contributed by atoms with Crippen molar-refractivity contribution in [1.82, 2.24) is 0 Å². The van der Waals surface area contributed by atoms with Crippen LogP contribution in [0.4, 0.5) is 5.69 Å². The number of benzene rings is 2. The zero-order valence-electron chi connectivity index (χ0n) is 11.4. The third-order valence-electron chi connectivity index (χ3n) is 2.88. The molecule has 0 amide bonds. The SMILES string of the molecule is O=C(O)c1ccc(S(=O)(=O)Nc2ccccc2Cl)cc1C(=O)O. The summed E-state index contributed by atoms with van der Waals surface area (Å²) in [5, 5.41) is 18.1. The largest absolute Gasteiger partial charge is 0.478 e. The quantitative estimate of drug-likeness (QED) is 0.757. The van der Waals surface area contributed by atoms with Crippen LogP contribution in [0.5, 0.6) is 0 Å². The number of hydrogen-bond donors (Lipinski definition) is 3. The van der Waals surface area contributed by atoms with Crippen molar-refractivity contribution in [1.29, 1.82) is 0 Å². The predicted octanol–water partition coefficient (Wildman–Crippen LogP) is 2.54. The van der Waals surface area contributed by atoms with Crippen LogP contribution in [-0.2, 0) is 10.0 Å². The fourth-order valence-electron chi connectivity index (χ4n) is 1.80. The second-order valence-corrected chi connectivity index (χ2v) is 6.49. The summed E-state index contributed by atoms with van der Waals surface area (Å²) in [6.45, 7) is 0. The highest BCUT2D eigenvalue weighted by Gasteiger charge is 2.22. The zero-order valence-corrected chi connectivity index (χ0v) is 12.9. The van der Waals surface area contributed by atoms with Crippen molar-refractivity contribution in [3.8, 4) is 0 Å². The average Bonchev–Trinajstić information content (AvgIpc) is 2.48. The molecule has 0 bridgehead atoms. The summed E-state index contributed by atoms with van der Waals surface area (Å²) >= 11 is 5.87. The molecule has 0 aliphatic carbocycles. The first-order valence-corrected chi connectivity index (χ1v) is 7.96. The molecule has 23 heavy (non-hydrogen) atoms.